The van der Waals surface area contributed by atoms with Gasteiger partial charge in [0, 0.05) is 38.1 Å². The highest BCUT2D eigenvalue weighted by molar-refractivity contribution is 4.79. The van der Waals surface area contributed by atoms with Crippen LogP contribution in [0.5, 0.6) is 0 Å². The van der Waals surface area contributed by atoms with Gasteiger partial charge in [-0.3, -0.25) is 4.90 Å². The van der Waals surface area contributed by atoms with E-state index >= 15 is 0 Å². The summed E-state index contributed by atoms with van der Waals surface area (Å²) in [4.78, 5) is 6.41. The summed E-state index contributed by atoms with van der Waals surface area (Å²) in [6.45, 7) is 4.31. The lowest BCUT2D eigenvalue weighted by Crippen LogP contribution is -2.29. The summed E-state index contributed by atoms with van der Waals surface area (Å²) in [7, 11) is 0. The molecule has 1 fully saturated rings. The van der Waals surface area contributed by atoms with Gasteiger partial charge in [0.05, 0.1) is 6.33 Å². The fourth-order valence-corrected chi connectivity index (χ4v) is 1.74. The van der Waals surface area contributed by atoms with E-state index in [1.165, 1.54) is 0 Å². The van der Waals surface area contributed by atoms with Gasteiger partial charge >= 0.3 is 0 Å². The Bertz CT molecular complexity index is 244. The van der Waals surface area contributed by atoms with E-state index in [1.54, 1.807) is 0 Å². The van der Waals surface area contributed by atoms with Crippen molar-refractivity contribution in [1.82, 2.24) is 14.5 Å². The summed E-state index contributed by atoms with van der Waals surface area (Å²) in [5, 5.41) is 0. The first kappa shape index (κ1) is 8.72. The standard InChI is InChI=1S/C9H16N4/c10-9-1-3-12(7-9)5-6-13-4-2-11-8-13/h2,4,8-9H,1,3,5-7,10H2. The molecule has 0 saturated carbocycles. The van der Waals surface area contributed by atoms with Crippen LogP contribution in [-0.2, 0) is 6.54 Å². The molecule has 2 rings (SSSR count). The predicted molar refractivity (Wildman–Crippen MR) is 51.3 cm³/mol. The normalized spacial score (nSPS) is 23.9. The molecular weight excluding hydrogens is 164 g/mol. The number of imidazole rings is 1. The molecule has 4 nitrogen and oxygen atoms in total. The first-order valence-corrected chi connectivity index (χ1v) is 4.78. The Balaban J connectivity index is 1.74. The number of nitrogens with two attached hydrogens (primary N) is 1. The van der Waals surface area contributed by atoms with E-state index in [1.807, 2.05) is 18.7 Å². The minimum Gasteiger partial charge on any atom is -0.336 e. The van der Waals surface area contributed by atoms with Gasteiger partial charge in [-0.05, 0) is 13.0 Å². The summed E-state index contributed by atoms with van der Waals surface area (Å²) >= 11 is 0. The van der Waals surface area contributed by atoms with Gasteiger partial charge in [-0.25, -0.2) is 4.98 Å². The van der Waals surface area contributed by atoms with E-state index in [4.69, 9.17) is 5.73 Å². The minimum absolute atomic E-state index is 0.391. The Kier molecular flexibility index (Phi) is 2.61. The van der Waals surface area contributed by atoms with Crippen LogP contribution in [0.4, 0.5) is 0 Å². The number of hydrogen-bond acceptors (Lipinski definition) is 3. The molecule has 1 saturated heterocycles. The molecule has 1 atom stereocenters. The molecule has 2 N–H and O–H groups in total. The van der Waals surface area contributed by atoms with Crippen molar-refractivity contribution in [2.75, 3.05) is 19.6 Å². The van der Waals surface area contributed by atoms with Crippen molar-refractivity contribution < 1.29 is 0 Å². The lowest BCUT2D eigenvalue weighted by Gasteiger charge is -2.14. The summed E-state index contributed by atoms with van der Waals surface area (Å²) in [6.07, 6.45) is 6.81. The summed E-state index contributed by atoms with van der Waals surface area (Å²) in [5.41, 5.74) is 5.81. The Hall–Kier alpha value is -0.870. The van der Waals surface area contributed by atoms with Gasteiger partial charge in [-0.1, -0.05) is 0 Å². The van der Waals surface area contributed by atoms with Crippen molar-refractivity contribution in [3.63, 3.8) is 0 Å². The number of nitrogens with zero attached hydrogens (tertiary/aromatic N) is 3. The highest BCUT2D eigenvalue weighted by atomic mass is 15.2. The maximum atomic E-state index is 5.81. The van der Waals surface area contributed by atoms with Crippen LogP contribution in [0.2, 0.25) is 0 Å². The molecule has 1 aliphatic rings. The second-order valence-electron chi connectivity index (χ2n) is 3.65. The molecule has 0 amide bonds. The van der Waals surface area contributed by atoms with Crippen molar-refractivity contribution in [3.05, 3.63) is 18.7 Å². The molecule has 72 valence electrons. The van der Waals surface area contributed by atoms with E-state index in [2.05, 4.69) is 14.5 Å². The molecule has 4 heteroatoms. The zero-order chi connectivity index (χ0) is 9.10. The maximum Gasteiger partial charge on any atom is 0.0946 e. The molecule has 2 heterocycles. The first-order chi connectivity index (χ1) is 6.34. The van der Waals surface area contributed by atoms with E-state index in [0.717, 1.165) is 32.6 Å². The number of hydrogen-bond donors (Lipinski definition) is 1. The molecule has 1 aliphatic heterocycles. The lowest BCUT2D eigenvalue weighted by molar-refractivity contribution is 0.318. The van der Waals surface area contributed by atoms with Crippen LogP contribution in [0.3, 0.4) is 0 Å². The fourth-order valence-electron chi connectivity index (χ4n) is 1.74. The van der Waals surface area contributed by atoms with Gasteiger partial charge in [0.25, 0.3) is 0 Å². The monoisotopic (exact) mass is 180 g/mol. The second kappa shape index (κ2) is 3.89. The Morgan fingerprint density at radius 1 is 1.46 bits per heavy atom. The third-order valence-corrected chi connectivity index (χ3v) is 2.54. The number of rotatable bonds is 3. The highest BCUT2D eigenvalue weighted by Gasteiger charge is 2.17. The Labute approximate surface area is 78.4 Å². The number of aromatic nitrogens is 2. The van der Waals surface area contributed by atoms with Crippen molar-refractivity contribution in [3.8, 4) is 0 Å². The van der Waals surface area contributed by atoms with Crippen LogP contribution in [0.15, 0.2) is 18.7 Å². The van der Waals surface area contributed by atoms with E-state index in [9.17, 15) is 0 Å². The zero-order valence-electron chi connectivity index (χ0n) is 7.76. The molecule has 0 aromatic carbocycles. The smallest absolute Gasteiger partial charge is 0.0946 e. The van der Waals surface area contributed by atoms with Crippen LogP contribution < -0.4 is 5.73 Å². The quantitative estimate of drug-likeness (QED) is 0.707. The molecule has 0 spiro atoms. The van der Waals surface area contributed by atoms with Crippen molar-refractivity contribution >= 4 is 0 Å². The van der Waals surface area contributed by atoms with Gasteiger partial charge in [-0.15, -0.1) is 0 Å². The third kappa shape index (κ3) is 2.29. The van der Waals surface area contributed by atoms with Crippen molar-refractivity contribution in [2.45, 2.75) is 19.0 Å². The SMILES string of the molecule is NC1CCN(CCn2ccnc2)C1. The van der Waals surface area contributed by atoms with Gasteiger partial charge in [0.2, 0.25) is 0 Å². The Morgan fingerprint density at radius 2 is 2.38 bits per heavy atom. The molecule has 0 radical (unpaired) electrons. The number of likely N-dealkylation sites (tertiary alicyclic amines) is 1. The van der Waals surface area contributed by atoms with Crippen molar-refractivity contribution in [1.29, 1.82) is 0 Å². The second-order valence-corrected chi connectivity index (χ2v) is 3.65. The first-order valence-electron chi connectivity index (χ1n) is 4.78. The molecule has 1 aromatic rings. The lowest BCUT2D eigenvalue weighted by atomic mass is 10.3. The van der Waals surface area contributed by atoms with E-state index in [-0.39, 0.29) is 0 Å². The van der Waals surface area contributed by atoms with Crippen LogP contribution in [0.25, 0.3) is 0 Å². The van der Waals surface area contributed by atoms with Gasteiger partial charge < -0.3 is 10.3 Å². The third-order valence-electron chi connectivity index (χ3n) is 2.54. The summed E-state index contributed by atoms with van der Waals surface area (Å²) in [5.74, 6) is 0. The highest BCUT2D eigenvalue weighted by Crippen LogP contribution is 2.06. The molecule has 1 unspecified atom stereocenters. The maximum absolute atomic E-state index is 5.81. The van der Waals surface area contributed by atoms with E-state index < -0.39 is 0 Å². The van der Waals surface area contributed by atoms with E-state index in [0.29, 0.717) is 6.04 Å². The molecule has 1 aromatic heterocycles. The van der Waals surface area contributed by atoms with Crippen LogP contribution in [-0.4, -0.2) is 40.1 Å². The van der Waals surface area contributed by atoms with Crippen LogP contribution >= 0.6 is 0 Å². The van der Waals surface area contributed by atoms with Crippen LogP contribution in [0.1, 0.15) is 6.42 Å². The predicted octanol–water partition coefficient (Wildman–Crippen LogP) is -0.0839. The molecular formula is C9H16N4. The van der Waals surface area contributed by atoms with Crippen molar-refractivity contribution in [2.24, 2.45) is 5.73 Å². The fraction of sp³-hybridized carbons (Fsp3) is 0.667. The summed E-state index contributed by atoms with van der Waals surface area (Å²) < 4.78 is 2.10. The Morgan fingerprint density at radius 3 is 3.00 bits per heavy atom. The largest absolute Gasteiger partial charge is 0.336 e. The molecule has 0 bridgehead atoms. The molecule has 0 aliphatic carbocycles. The van der Waals surface area contributed by atoms with Gasteiger partial charge in [0.1, 0.15) is 0 Å². The average Bonchev–Trinajstić information content (AvgIpc) is 2.71. The zero-order valence-corrected chi connectivity index (χ0v) is 7.76. The van der Waals surface area contributed by atoms with Gasteiger partial charge in [-0.2, -0.15) is 0 Å². The summed E-state index contributed by atoms with van der Waals surface area (Å²) in [6, 6.07) is 0.391. The van der Waals surface area contributed by atoms with Gasteiger partial charge in [0.15, 0.2) is 0 Å². The molecule has 13 heavy (non-hydrogen) atoms. The average molecular weight is 180 g/mol. The van der Waals surface area contributed by atoms with Crippen LogP contribution in [0, 0.1) is 0 Å². The minimum atomic E-state index is 0.391. The topological polar surface area (TPSA) is 47.1 Å².